The van der Waals surface area contributed by atoms with E-state index < -0.39 is 11.9 Å². The van der Waals surface area contributed by atoms with Crippen LogP contribution < -0.4 is 0 Å². The first-order valence-electron chi connectivity index (χ1n) is 6.24. The van der Waals surface area contributed by atoms with Crippen molar-refractivity contribution in [2.45, 2.75) is 52.4 Å². The molecule has 98 valence electrons. The summed E-state index contributed by atoms with van der Waals surface area (Å²) in [6, 6.07) is 0. The number of allylic oxidation sites excluding steroid dienone is 1. The zero-order valence-electron chi connectivity index (χ0n) is 10.7. The third-order valence-corrected chi connectivity index (χ3v) is 2.38. The fourth-order valence-electron chi connectivity index (χ4n) is 1.46. The number of ether oxygens (including phenoxy) is 1. The predicted octanol–water partition coefficient (Wildman–Crippen LogP) is 2.92. The summed E-state index contributed by atoms with van der Waals surface area (Å²) in [5, 5.41) is 8.84. The molecule has 0 saturated carbocycles. The molecule has 0 radical (unpaired) electrons. The number of carbonyl (C=O) groups is 2. The molecule has 0 bridgehead atoms. The van der Waals surface area contributed by atoms with Crippen LogP contribution in [0.15, 0.2) is 11.6 Å². The van der Waals surface area contributed by atoms with Crippen LogP contribution in [0.3, 0.4) is 0 Å². The summed E-state index contributed by atoms with van der Waals surface area (Å²) in [6.45, 7) is 3.99. The van der Waals surface area contributed by atoms with E-state index in [-0.39, 0.29) is 12.2 Å². The summed E-state index contributed by atoms with van der Waals surface area (Å²) < 4.78 is 4.67. The summed E-state index contributed by atoms with van der Waals surface area (Å²) in [7, 11) is 0. The van der Waals surface area contributed by atoms with Crippen LogP contribution in [0.1, 0.15) is 52.4 Å². The topological polar surface area (TPSA) is 63.6 Å². The van der Waals surface area contributed by atoms with E-state index >= 15 is 0 Å². The second kappa shape index (κ2) is 9.87. The highest BCUT2D eigenvalue weighted by Crippen LogP contribution is 2.08. The van der Waals surface area contributed by atoms with Gasteiger partial charge < -0.3 is 9.84 Å². The lowest BCUT2D eigenvalue weighted by Crippen LogP contribution is -2.15. The zero-order valence-corrected chi connectivity index (χ0v) is 10.7. The highest BCUT2D eigenvalue weighted by atomic mass is 16.5. The van der Waals surface area contributed by atoms with Crippen LogP contribution in [-0.4, -0.2) is 23.7 Å². The lowest BCUT2D eigenvalue weighted by molar-refractivity contribution is -0.143. The number of carbonyl (C=O) groups excluding carboxylic acids is 1. The molecule has 17 heavy (non-hydrogen) atoms. The Morgan fingerprint density at radius 3 is 2.29 bits per heavy atom. The van der Waals surface area contributed by atoms with Crippen molar-refractivity contribution in [3.05, 3.63) is 11.6 Å². The summed E-state index contributed by atoms with van der Waals surface area (Å²) >= 11 is 0. The molecule has 0 atom stereocenters. The minimum Gasteiger partial charge on any atom is -0.477 e. The van der Waals surface area contributed by atoms with Crippen LogP contribution in [0, 0.1) is 0 Å². The minimum atomic E-state index is -1.21. The minimum absolute atomic E-state index is 0.194. The zero-order chi connectivity index (χ0) is 13.1. The van der Waals surface area contributed by atoms with E-state index in [0.717, 1.165) is 19.3 Å². The Morgan fingerprint density at radius 2 is 1.76 bits per heavy atom. The highest BCUT2D eigenvalue weighted by Gasteiger charge is 2.17. The maximum Gasteiger partial charge on any atom is 0.345 e. The molecular formula is C13H22O4. The molecule has 4 heteroatoms. The van der Waals surface area contributed by atoms with Crippen LogP contribution in [0.4, 0.5) is 0 Å². The molecule has 1 N–H and O–H groups in total. The van der Waals surface area contributed by atoms with Gasteiger partial charge in [0.25, 0.3) is 0 Å². The van der Waals surface area contributed by atoms with E-state index in [2.05, 4.69) is 11.7 Å². The van der Waals surface area contributed by atoms with Gasteiger partial charge in [-0.1, -0.05) is 38.7 Å². The van der Waals surface area contributed by atoms with Crippen molar-refractivity contribution in [1.29, 1.82) is 0 Å². The monoisotopic (exact) mass is 242 g/mol. The Labute approximate surface area is 103 Å². The second-order valence-electron chi connectivity index (χ2n) is 3.85. The fraction of sp³-hybridized carbons (Fsp3) is 0.692. The quantitative estimate of drug-likeness (QED) is 0.222. The van der Waals surface area contributed by atoms with Gasteiger partial charge >= 0.3 is 11.9 Å². The number of esters is 1. The van der Waals surface area contributed by atoms with Gasteiger partial charge in [0, 0.05) is 0 Å². The Morgan fingerprint density at radius 1 is 1.12 bits per heavy atom. The Hall–Kier alpha value is -1.32. The highest BCUT2D eigenvalue weighted by molar-refractivity contribution is 6.13. The van der Waals surface area contributed by atoms with Crippen LogP contribution in [0.25, 0.3) is 0 Å². The second-order valence-corrected chi connectivity index (χ2v) is 3.85. The first kappa shape index (κ1) is 15.7. The van der Waals surface area contributed by atoms with Gasteiger partial charge in [-0.2, -0.15) is 0 Å². The third-order valence-electron chi connectivity index (χ3n) is 2.38. The van der Waals surface area contributed by atoms with Crippen molar-refractivity contribution in [2.75, 3.05) is 6.61 Å². The largest absolute Gasteiger partial charge is 0.477 e. The lowest BCUT2D eigenvalue weighted by Gasteiger charge is -2.02. The van der Waals surface area contributed by atoms with Crippen molar-refractivity contribution < 1.29 is 19.4 Å². The Bertz CT molecular complexity index is 269. The van der Waals surface area contributed by atoms with E-state index in [1.165, 1.54) is 18.9 Å². The Balaban J connectivity index is 4.04. The van der Waals surface area contributed by atoms with Crippen LogP contribution in [0.2, 0.25) is 0 Å². The van der Waals surface area contributed by atoms with Gasteiger partial charge in [0.1, 0.15) is 5.57 Å². The van der Waals surface area contributed by atoms with Crippen molar-refractivity contribution in [2.24, 2.45) is 0 Å². The molecule has 0 aromatic rings. The van der Waals surface area contributed by atoms with Gasteiger partial charge in [-0.05, 0) is 19.8 Å². The molecule has 0 saturated heterocycles. The molecule has 0 aliphatic carbocycles. The van der Waals surface area contributed by atoms with Crippen molar-refractivity contribution in [3.8, 4) is 0 Å². The number of unbranched alkanes of at least 4 members (excludes halogenated alkanes) is 5. The number of carboxylic acids is 1. The molecule has 0 rings (SSSR count). The molecule has 0 heterocycles. The molecule has 0 fully saturated rings. The fourth-order valence-corrected chi connectivity index (χ4v) is 1.46. The van der Waals surface area contributed by atoms with Gasteiger partial charge in [-0.15, -0.1) is 0 Å². The van der Waals surface area contributed by atoms with E-state index in [0.29, 0.717) is 6.42 Å². The number of aliphatic carboxylic acids is 1. The molecule has 0 spiro atoms. The van der Waals surface area contributed by atoms with Gasteiger partial charge in [-0.25, -0.2) is 9.59 Å². The maximum absolute atomic E-state index is 11.3. The van der Waals surface area contributed by atoms with Crippen molar-refractivity contribution >= 4 is 11.9 Å². The van der Waals surface area contributed by atoms with Crippen LogP contribution >= 0.6 is 0 Å². The predicted molar refractivity (Wildman–Crippen MR) is 65.7 cm³/mol. The average molecular weight is 242 g/mol. The summed E-state index contributed by atoms with van der Waals surface area (Å²) in [5.74, 6) is -1.95. The molecule has 0 unspecified atom stereocenters. The molecular weight excluding hydrogens is 220 g/mol. The lowest BCUT2D eigenvalue weighted by atomic mass is 10.1. The summed E-state index contributed by atoms with van der Waals surface area (Å²) in [6.07, 6.45) is 7.60. The smallest absolute Gasteiger partial charge is 0.345 e. The Kier molecular flexibility index (Phi) is 9.11. The molecule has 0 amide bonds. The van der Waals surface area contributed by atoms with Crippen LogP contribution in [0.5, 0.6) is 0 Å². The number of hydrogen-bond acceptors (Lipinski definition) is 3. The normalized spacial score (nSPS) is 11.3. The van der Waals surface area contributed by atoms with Crippen molar-refractivity contribution in [1.82, 2.24) is 0 Å². The van der Waals surface area contributed by atoms with Gasteiger partial charge in [0.05, 0.1) is 6.61 Å². The SMILES string of the molecule is CCCCCCCC=C(C(=O)O)C(=O)OCC. The molecule has 0 aliphatic rings. The molecule has 4 nitrogen and oxygen atoms in total. The van der Waals surface area contributed by atoms with E-state index in [1.807, 2.05) is 0 Å². The molecule has 0 aromatic carbocycles. The number of hydrogen-bond donors (Lipinski definition) is 1. The number of carboxylic acid groups (broad SMARTS) is 1. The maximum atomic E-state index is 11.3. The van der Waals surface area contributed by atoms with E-state index in [4.69, 9.17) is 5.11 Å². The van der Waals surface area contributed by atoms with Crippen LogP contribution in [-0.2, 0) is 14.3 Å². The average Bonchev–Trinajstić information content (AvgIpc) is 2.27. The van der Waals surface area contributed by atoms with Gasteiger partial charge in [-0.3, -0.25) is 0 Å². The standard InChI is InChI=1S/C13H22O4/c1-3-5-6-7-8-9-10-11(12(14)15)13(16)17-4-2/h10H,3-9H2,1-2H3,(H,14,15). The van der Waals surface area contributed by atoms with E-state index in [1.54, 1.807) is 6.92 Å². The van der Waals surface area contributed by atoms with Gasteiger partial charge in [0.2, 0.25) is 0 Å². The summed E-state index contributed by atoms with van der Waals surface area (Å²) in [5.41, 5.74) is -0.248. The van der Waals surface area contributed by atoms with Gasteiger partial charge in [0.15, 0.2) is 0 Å². The van der Waals surface area contributed by atoms with Crippen molar-refractivity contribution in [3.63, 3.8) is 0 Å². The first-order valence-corrected chi connectivity index (χ1v) is 6.24. The van der Waals surface area contributed by atoms with E-state index in [9.17, 15) is 9.59 Å². The third kappa shape index (κ3) is 7.55. The molecule has 0 aromatic heterocycles. The number of rotatable bonds is 9. The first-order chi connectivity index (χ1) is 8.13. The summed E-state index contributed by atoms with van der Waals surface area (Å²) in [4.78, 5) is 22.1. The molecule has 0 aliphatic heterocycles.